The fourth-order valence-electron chi connectivity index (χ4n) is 2.23. The van der Waals surface area contributed by atoms with Crippen LogP contribution in [0.1, 0.15) is 13.8 Å². The Morgan fingerprint density at radius 2 is 2.33 bits per heavy atom. The molecule has 2 rings (SSSR count). The van der Waals surface area contributed by atoms with Gasteiger partial charge in [0.15, 0.2) is 5.79 Å². The van der Waals surface area contributed by atoms with Gasteiger partial charge in [-0.1, -0.05) is 6.08 Å². The van der Waals surface area contributed by atoms with Gasteiger partial charge in [-0.05, 0) is 13.8 Å². The number of hydrogen-bond donors (Lipinski definition) is 1. The van der Waals surface area contributed by atoms with Gasteiger partial charge in [0.1, 0.15) is 18.8 Å². The van der Waals surface area contributed by atoms with Crippen molar-refractivity contribution < 1.29 is 24.1 Å². The predicted octanol–water partition coefficient (Wildman–Crippen LogP) is 0.506. The van der Waals surface area contributed by atoms with Crippen LogP contribution in [0.4, 0.5) is 4.79 Å². The third kappa shape index (κ3) is 2.50. The zero-order valence-electron chi connectivity index (χ0n) is 10.7. The number of carbonyl (C=O) groups excluding carboxylic acids is 1. The molecule has 2 saturated heterocycles. The van der Waals surface area contributed by atoms with Crippen molar-refractivity contribution >= 4 is 6.09 Å². The lowest BCUT2D eigenvalue weighted by Crippen LogP contribution is -2.48. The van der Waals surface area contributed by atoms with E-state index in [4.69, 9.17) is 14.2 Å². The lowest BCUT2D eigenvalue weighted by atomic mass is 10.1. The summed E-state index contributed by atoms with van der Waals surface area (Å²) in [7, 11) is 0. The molecule has 6 heteroatoms. The first kappa shape index (κ1) is 13.3. The van der Waals surface area contributed by atoms with Gasteiger partial charge in [0.05, 0.1) is 12.6 Å². The zero-order chi connectivity index (χ0) is 13.3. The summed E-state index contributed by atoms with van der Waals surface area (Å²) in [5, 5.41) is 10.3. The summed E-state index contributed by atoms with van der Waals surface area (Å²) < 4.78 is 15.9. The molecule has 0 aromatic rings. The van der Waals surface area contributed by atoms with Crippen molar-refractivity contribution in [1.82, 2.24) is 4.90 Å². The molecular formula is C12H19NO5. The molecule has 6 nitrogen and oxygen atoms in total. The third-order valence-corrected chi connectivity index (χ3v) is 3.14. The van der Waals surface area contributed by atoms with Crippen LogP contribution in [0.25, 0.3) is 0 Å². The fraction of sp³-hybridized carbons (Fsp3) is 0.750. The molecule has 0 saturated carbocycles. The van der Waals surface area contributed by atoms with E-state index in [-0.39, 0.29) is 6.61 Å². The van der Waals surface area contributed by atoms with Crippen molar-refractivity contribution in [2.75, 3.05) is 19.8 Å². The molecule has 0 spiro atoms. The molecule has 0 aromatic carbocycles. The number of aliphatic hydroxyl groups is 1. The molecule has 2 aliphatic heterocycles. The Labute approximate surface area is 106 Å². The van der Waals surface area contributed by atoms with E-state index in [0.29, 0.717) is 13.2 Å². The van der Waals surface area contributed by atoms with Crippen molar-refractivity contribution in [1.29, 1.82) is 0 Å². The lowest BCUT2D eigenvalue weighted by molar-refractivity contribution is -0.155. The maximum absolute atomic E-state index is 11.5. The van der Waals surface area contributed by atoms with Crippen molar-refractivity contribution in [2.45, 2.75) is 37.9 Å². The van der Waals surface area contributed by atoms with Gasteiger partial charge >= 0.3 is 6.09 Å². The maximum atomic E-state index is 11.5. The van der Waals surface area contributed by atoms with Crippen LogP contribution in [0.15, 0.2) is 12.7 Å². The van der Waals surface area contributed by atoms with Crippen LogP contribution in [-0.2, 0) is 14.2 Å². The summed E-state index contributed by atoms with van der Waals surface area (Å²) in [6.45, 7) is 7.98. The number of carbonyl (C=O) groups is 1. The van der Waals surface area contributed by atoms with Gasteiger partial charge in [0.2, 0.25) is 0 Å². The molecule has 1 N–H and O–H groups in total. The number of aliphatic hydroxyl groups excluding tert-OH is 1. The number of rotatable bonds is 4. The summed E-state index contributed by atoms with van der Waals surface area (Å²) in [5.41, 5.74) is 0. The van der Waals surface area contributed by atoms with Crippen LogP contribution in [0, 0.1) is 0 Å². The summed E-state index contributed by atoms with van der Waals surface area (Å²) in [6, 6.07) is -0.419. The van der Waals surface area contributed by atoms with Gasteiger partial charge in [0, 0.05) is 6.54 Å². The highest BCUT2D eigenvalue weighted by atomic mass is 16.7. The molecule has 18 heavy (non-hydrogen) atoms. The van der Waals surface area contributed by atoms with E-state index in [0.717, 1.165) is 0 Å². The molecule has 1 amide bonds. The average molecular weight is 257 g/mol. The summed E-state index contributed by atoms with van der Waals surface area (Å²) in [6.07, 6.45) is -0.121. The molecule has 0 bridgehead atoms. The molecule has 2 fully saturated rings. The second kappa shape index (κ2) is 4.87. The number of ether oxygens (including phenoxy) is 3. The average Bonchev–Trinajstić information content (AvgIpc) is 2.83. The van der Waals surface area contributed by atoms with Crippen molar-refractivity contribution in [3.05, 3.63) is 12.7 Å². The highest BCUT2D eigenvalue weighted by Gasteiger charge is 2.45. The highest BCUT2D eigenvalue weighted by Crippen LogP contribution is 2.28. The van der Waals surface area contributed by atoms with Gasteiger partial charge in [-0.15, -0.1) is 6.58 Å². The van der Waals surface area contributed by atoms with E-state index in [1.54, 1.807) is 19.9 Å². The monoisotopic (exact) mass is 257 g/mol. The van der Waals surface area contributed by atoms with Crippen molar-refractivity contribution in [2.24, 2.45) is 0 Å². The van der Waals surface area contributed by atoms with Gasteiger partial charge in [-0.2, -0.15) is 0 Å². The molecular weight excluding hydrogens is 238 g/mol. The lowest BCUT2D eigenvalue weighted by Gasteiger charge is -2.28. The molecule has 2 aliphatic rings. The molecule has 102 valence electrons. The molecule has 0 aromatic heterocycles. The van der Waals surface area contributed by atoms with Crippen molar-refractivity contribution in [3.8, 4) is 0 Å². The summed E-state index contributed by atoms with van der Waals surface area (Å²) >= 11 is 0. The number of amides is 1. The predicted molar refractivity (Wildman–Crippen MR) is 62.9 cm³/mol. The largest absolute Gasteiger partial charge is 0.447 e. The Morgan fingerprint density at radius 1 is 1.61 bits per heavy atom. The Bertz CT molecular complexity index is 343. The van der Waals surface area contributed by atoms with Gasteiger partial charge in [-0.25, -0.2) is 4.79 Å². The smallest absolute Gasteiger partial charge is 0.410 e. The Morgan fingerprint density at radius 3 is 2.89 bits per heavy atom. The standard InChI is InChI=1S/C12H19NO5/c1-4-5-13-8(6-16-11(13)15)10(14)9-7-17-12(2,3)18-9/h4,8-10,14H,1,5-7H2,2-3H3/t8-,9-,10-/m1/s1. The van der Waals surface area contributed by atoms with E-state index in [1.165, 1.54) is 4.90 Å². The quantitative estimate of drug-likeness (QED) is 0.743. The number of nitrogens with zero attached hydrogens (tertiary/aromatic N) is 1. The molecule has 0 radical (unpaired) electrons. The van der Waals surface area contributed by atoms with Gasteiger partial charge in [-0.3, -0.25) is 4.90 Å². The second-order valence-electron chi connectivity index (χ2n) is 4.94. The minimum absolute atomic E-state index is 0.161. The van der Waals surface area contributed by atoms with E-state index >= 15 is 0 Å². The Kier molecular flexibility index (Phi) is 3.61. The molecule has 2 heterocycles. The molecule has 3 atom stereocenters. The Hall–Kier alpha value is -1.11. The van der Waals surface area contributed by atoms with Gasteiger partial charge in [0.25, 0.3) is 0 Å². The summed E-state index contributed by atoms with van der Waals surface area (Å²) in [4.78, 5) is 12.9. The molecule has 0 unspecified atom stereocenters. The van der Waals surface area contributed by atoms with Crippen LogP contribution in [0.3, 0.4) is 0 Å². The minimum Gasteiger partial charge on any atom is -0.447 e. The number of hydrogen-bond acceptors (Lipinski definition) is 5. The fourth-order valence-corrected chi connectivity index (χ4v) is 2.23. The van der Waals surface area contributed by atoms with Crippen LogP contribution >= 0.6 is 0 Å². The van der Waals surface area contributed by atoms with E-state index in [2.05, 4.69) is 6.58 Å². The van der Waals surface area contributed by atoms with Crippen LogP contribution in [0.2, 0.25) is 0 Å². The maximum Gasteiger partial charge on any atom is 0.410 e. The first-order chi connectivity index (χ1) is 8.44. The minimum atomic E-state index is -0.835. The normalized spacial score (nSPS) is 32.4. The topological polar surface area (TPSA) is 68.2 Å². The Balaban J connectivity index is 2.02. The molecule has 0 aliphatic carbocycles. The first-order valence-corrected chi connectivity index (χ1v) is 5.99. The zero-order valence-corrected chi connectivity index (χ0v) is 10.7. The van der Waals surface area contributed by atoms with Crippen molar-refractivity contribution in [3.63, 3.8) is 0 Å². The van der Waals surface area contributed by atoms with E-state index in [1.807, 2.05) is 0 Å². The first-order valence-electron chi connectivity index (χ1n) is 5.99. The summed E-state index contributed by atoms with van der Waals surface area (Å²) in [5.74, 6) is -0.696. The van der Waals surface area contributed by atoms with Gasteiger partial charge < -0.3 is 19.3 Å². The van der Waals surface area contributed by atoms with E-state index < -0.39 is 30.1 Å². The van der Waals surface area contributed by atoms with E-state index in [9.17, 15) is 9.90 Å². The number of cyclic esters (lactones) is 1. The highest BCUT2D eigenvalue weighted by molar-refractivity contribution is 5.70. The second-order valence-corrected chi connectivity index (χ2v) is 4.94. The van der Waals surface area contributed by atoms with Crippen LogP contribution in [-0.4, -0.2) is 59.9 Å². The third-order valence-electron chi connectivity index (χ3n) is 3.14. The SMILES string of the molecule is C=CCN1C(=O)OC[C@@H]1[C@@H](O)[C@H]1COC(C)(C)O1. The van der Waals surface area contributed by atoms with Crippen LogP contribution in [0.5, 0.6) is 0 Å². The van der Waals surface area contributed by atoms with Crippen LogP contribution < -0.4 is 0 Å².